The Balaban J connectivity index is 2.02. The van der Waals surface area contributed by atoms with E-state index >= 15 is 0 Å². The average Bonchev–Trinajstić information content (AvgIpc) is 2.41. The van der Waals surface area contributed by atoms with Gasteiger partial charge in [0.2, 0.25) is 0 Å². The molecular formula is C15H19N3O2. The molecule has 1 heterocycles. The van der Waals surface area contributed by atoms with Gasteiger partial charge in [0.05, 0.1) is 11.5 Å². The highest BCUT2D eigenvalue weighted by Gasteiger charge is 2.21. The molecule has 106 valence electrons. The minimum Gasteiger partial charge on any atom is -0.377 e. The molecule has 5 nitrogen and oxygen atoms in total. The van der Waals surface area contributed by atoms with Gasteiger partial charge in [-0.2, -0.15) is 0 Å². The first kappa shape index (κ1) is 14.4. The van der Waals surface area contributed by atoms with Crippen LogP contribution in [-0.2, 0) is 0 Å². The minimum absolute atomic E-state index is 0.140. The molecule has 0 spiro atoms. The van der Waals surface area contributed by atoms with Gasteiger partial charge in [-0.05, 0) is 31.4 Å². The van der Waals surface area contributed by atoms with E-state index in [9.17, 15) is 10.1 Å². The second-order valence-electron chi connectivity index (χ2n) is 5.18. The van der Waals surface area contributed by atoms with E-state index in [4.69, 9.17) is 6.42 Å². The molecule has 0 aliphatic carbocycles. The number of hydrogen-bond acceptors (Lipinski definition) is 4. The maximum absolute atomic E-state index is 11.0. The molecule has 1 aromatic carbocycles. The SMILES string of the molecule is C#CCN1CCC(Nc2cc(C)ccc2[N+](=O)[O-])CC1. The molecular weight excluding hydrogens is 254 g/mol. The van der Waals surface area contributed by atoms with Gasteiger partial charge in [-0.3, -0.25) is 15.0 Å². The molecule has 2 rings (SSSR count). The van der Waals surface area contributed by atoms with E-state index in [2.05, 4.69) is 16.1 Å². The summed E-state index contributed by atoms with van der Waals surface area (Å²) >= 11 is 0. The summed E-state index contributed by atoms with van der Waals surface area (Å²) in [5.74, 6) is 2.65. The molecule has 0 amide bonds. The standard InChI is InChI=1S/C15H19N3O2/c1-3-8-17-9-6-13(7-10-17)16-14-11-12(2)4-5-15(14)18(19)20/h1,4-5,11,13,16H,6-10H2,2H3. The molecule has 1 aliphatic heterocycles. The Kier molecular flexibility index (Phi) is 4.59. The van der Waals surface area contributed by atoms with Gasteiger partial charge in [0, 0.05) is 25.2 Å². The topological polar surface area (TPSA) is 58.4 Å². The van der Waals surface area contributed by atoms with Crippen molar-refractivity contribution in [1.29, 1.82) is 0 Å². The van der Waals surface area contributed by atoms with Crippen LogP contribution in [0.25, 0.3) is 0 Å². The molecule has 1 N–H and O–H groups in total. The number of nitro benzene ring substituents is 1. The third-order valence-electron chi connectivity index (χ3n) is 3.61. The highest BCUT2D eigenvalue weighted by atomic mass is 16.6. The number of anilines is 1. The van der Waals surface area contributed by atoms with Crippen molar-refractivity contribution in [3.05, 3.63) is 33.9 Å². The van der Waals surface area contributed by atoms with Gasteiger partial charge < -0.3 is 5.32 Å². The molecule has 1 aromatic rings. The Morgan fingerprint density at radius 1 is 1.50 bits per heavy atom. The molecule has 0 aromatic heterocycles. The van der Waals surface area contributed by atoms with Gasteiger partial charge in [-0.1, -0.05) is 12.0 Å². The van der Waals surface area contributed by atoms with E-state index in [0.29, 0.717) is 12.2 Å². The second kappa shape index (κ2) is 6.40. The van der Waals surface area contributed by atoms with E-state index in [-0.39, 0.29) is 16.7 Å². The normalized spacial score (nSPS) is 16.6. The van der Waals surface area contributed by atoms with Crippen molar-refractivity contribution in [3.63, 3.8) is 0 Å². The third kappa shape index (κ3) is 3.49. The lowest BCUT2D eigenvalue weighted by atomic mass is 10.0. The number of hydrogen-bond donors (Lipinski definition) is 1. The number of nitrogens with one attached hydrogen (secondary N) is 1. The predicted octanol–water partition coefficient (Wildman–Crippen LogP) is 2.41. The molecule has 0 unspecified atom stereocenters. The van der Waals surface area contributed by atoms with Crippen LogP contribution in [0.1, 0.15) is 18.4 Å². The van der Waals surface area contributed by atoms with Gasteiger partial charge >= 0.3 is 0 Å². The van der Waals surface area contributed by atoms with E-state index in [0.717, 1.165) is 31.5 Å². The smallest absolute Gasteiger partial charge is 0.292 e. The highest BCUT2D eigenvalue weighted by Crippen LogP contribution is 2.27. The molecule has 1 aliphatic rings. The van der Waals surface area contributed by atoms with E-state index in [1.165, 1.54) is 0 Å². The minimum atomic E-state index is -0.338. The fraction of sp³-hybridized carbons (Fsp3) is 0.467. The first-order valence-corrected chi connectivity index (χ1v) is 6.77. The number of rotatable bonds is 4. The Labute approximate surface area is 119 Å². The van der Waals surface area contributed by atoms with Crippen LogP contribution in [0.3, 0.4) is 0 Å². The molecule has 0 atom stereocenters. The van der Waals surface area contributed by atoms with Crippen LogP contribution in [0.4, 0.5) is 11.4 Å². The Bertz CT molecular complexity index is 528. The average molecular weight is 273 g/mol. The molecule has 1 fully saturated rings. The first-order chi connectivity index (χ1) is 9.60. The molecule has 0 bridgehead atoms. The highest BCUT2D eigenvalue weighted by molar-refractivity contribution is 5.63. The van der Waals surface area contributed by atoms with Crippen LogP contribution >= 0.6 is 0 Å². The number of nitro groups is 1. The predicted molar refractivity (Wildman–Crippen MR) is 79.8 cm³/mol. The fourth-order valence-corrected chi connectivity index (χ4v) is 2.51. The lowest BCUT2D eigenvalue weighted by molar-refractivity contribution is -0.384. The van der Waals surface area contributed by atoms with Crippen LogP contribution < -0.4 is 5.32 Å². The quantitative estimate of drug-likeness (QED) is 0.520. The zero-order chi connectivity index (χ0) is 14.5. The Morgan fingerprint density at radius 2 is 2.20 bits per heavy atom. The molecule has 5 heteroatoms. The van der Waals surface area contributed by atoms with Crippen LogP contribution in [-0.4, -0.2) is 35.5 Å². The summed E-state index contributed by atoms with van der Waals surface area (Å²) in [4.78, 5) is 12.9. The van der Waals surface area contributed by atoms with Gasteiger partial charge in [0.1, 0.15) is 5.69 Å². The zero-order valence-corrected chi connectivity index (χ0v) is 11.6. The van der Waals surface area contributed by atoms with Crippen molar-refractivity contribution < 1.29 is 4.92 Å². The number of likely N-dealkylation sites (tertiary alicyclic amines) is 1. The van der Waals surface area contributed by atoms with Gasteiger partial charge in [0.15, 0.2) is 0 Å². The number of aryl methyl sites for hydroxylation is 1. The second-order valence-corrected chi connectivity index (χ2v) is 5.18. The van der Waals surface area contributed by atoms with Crippen molar-refractivity contribution in [2.45, 2.75) is 25.8 Å². The van der Waals surface area contributed by atoms with Crippen LogP contribution in [0.5, 0.6) is 0 Å². The maximum Gasteiger partial charge on any atom is 0.292 e. The third-order valence-corrected chi connectivity index (χ3v) is 3.61. The van der Waals surface area contributed by atoms with E-state index < -0.39 is 0 Å². The van der Waals surface area contributed by atoms with Gasteiger partial charge in [-0.25, -0.2) is 0 Å². The molecule has 0 saturated carbocycles. The van der Waals surface area contributed by atoms with E-state index in [1.54, 1.807) is 12.1 Å². The first-order valence-electron chi connectivity index (χ1n) is 6.77. The van der Waals surface area contributed by atoms with Crippen molar-refractivity contribution in [2.75, 3.05) is 25.0 Å². The number of piperidine rings is 1. The summed E-state index contributed by atoms with van der Waals surface area (Å²) < 4.78 is 0. The Hall–Kier alpha value is -2.06. The van der Waals surface area contributed by atoms with E-state index in [1.807, 2.05) is 13.0 Å². The summed E-state index contributed by atoms with van der Waals surface area (Å²) in [5.41, 5.74) is 1.77. The fourth-order valence-electron chi connectivity index (χ4n) is 2.51. The van der Waals surface area contributed by atoms with Crippen molar-refractivity contribution in [1.82, 2.24) is 4.90 Å². The maximum atomic E-state index is 11.0. The lowest BCUT2D eigenvalue weighted by Crippen LogP contribution is -2.39. The monoisotopic (exact) mass is 273 g/mol. The molecule has 1 saturated heterocycles. The number of terminal acetylenes is 1. The van der Waals surface area contributed by atoms with Crippen LogP contribution in [0, 0.1) is 29.4 Å². The zero-order valence-electron chi connectivity index (χ0n) is 11.6. The van der Waals surface area contributed by atoms with Crippen molar-refractivity contribution in [3.8, 4) is 12.3 Å². The summed E-state index contributed by atoms with van der Waals surface area (Å²) in [6, 6.07) is 5.43. The van der Waals surface area contributed by atoms with Gasteiger partial charge in [-0.15, -0.1) is 6.42 Å². The summed E-state index contributed by atoms with van der Waals surface area (Å²) in [6.07, 6.45) is 7.21. The van der Waals surface area contributed by atoms with Crippen LogP contribution in [0.15, 0.2) is 18.2 Å². The summed E-state index contributed by atoms with van der Waals surface area (Å²) in [5, 5.41) is 14.4. The molecule has 0 radical (unpaired) electrons. The van der Waals surface area contributed by atoms with Crippen LogP contribution in [0.2, 0.25) is 0 Å². The largest absolute Gasteiger partial charge is 0.377 e. The number of nitrogens with zero attached hydrogens (tertiary/aromatic N) is 2. The van der Waals surface area contributed by atoms with Crippen molar-refractivity contribution in [2.24, 2.45) is 0 Å². The lowest BCUT2D eigenvalue weighted by Gasteiger charge is -2.31. The van der Waals surface area contributed by atoms with Gasteiger partial charge in [0.25, 0.3) is 5.69 Å². The van der Waals surface area contributed by atoms with Crippen molar-refractivity contribution >= 4 is 11.4 Å². The number of benzene rings is 1. The molecule has 20 heavy (non-hydrogen) atoms. The Morgan fingerprint density at radius 3 is 2.80 bits per heavy atom. The summed E-state index contributed by atoms with van der Waals surface area (Å²) in [6.45, 7) is 4.48. The summed E-state index contributed by atoms with van der Waals surface area (Å²) in [7, 11) is 0.